The summed E-state index contributed by atoms with van der Waals surface area (Å²) in [7, 11) is 0. The van der Waals surface area contributed by atoms with Gasteiger partial charge in [0.15, 0.2) is 11.7 Å². The van der Waals surface area contributed by atoms with Crippen LogP contribution in [0.15, 0.2) is 30.3 Å². The van der Waals surface area contributed by atoms with Crippen LogP contribution < -0.4 is 10.1 Å². The predicted molar refractivity (Wildman–Crippen MR) is 105 cm³/mol. The maximum Gasteiger partial charge on any atom is 0.357 e. The van der Waals surface area contributed by atoms with Gasteiger partial charge >= 0.3 is 5.97 Å². The monoisotopic (exact) mass is 424 g/mol. The molecule has 1 aliphatic rings. The van der Waals surface area contributed by atoms with E-state index in [1.54, 1.807) is 51.1 Å². The number of hydrogen-bond acceptors (Lipinski definition) is 8. The van der Waals surface area contributed by atoms with E-state index in [4.69, 9.17) is 9.47 Å². The first-order valence-corrected chi connectivity index (χ1v) is 9.75. The van der Waals surface area contributed by atoms with Crippen molar-refractivity contribution in [1.82, 2.24) is 10.2 Å². The second-order valence-electron chi connectivity index (χ2n) is 7.30. The molecule has 1 unspecified atom stereocenters. The number of β-lactam (4-membered cyclic amide) rings is 1. The van der Waals surface area contributed by atoms with Crippen molar-refractivity contribution in [2.45, 2.75) is 50.9 Å². The van der Waals surface area contributed by atoms with Gasteiger partial charge in [-0.3, -0.25) is 19.3 Å². The number of amides is 2. The fraction of sp³-hybridized carbons (Fsp3) is 0.474. The number of carbonyl (C=O) groups is 4. The summed E-state index contributed by atoms with van der Waals surface area (Å²) in [6.07, 6.45) is -1.88. The first-order chi connectivity index (χ1) is 13.5. The highest BCUT2D eigenvalue weighted by molar-refractivity contribution is 8.14. The Morgan fingerprint density at radius 2 is 1.86 bits per heavy atom. The number of benzene rings is 1. The lowest BCUT2D eigenvalue weighted by atomic mass is 10.1. The third-order valence-electron chi connectivity index (χ3n) is 3.68. The molecule has 0 radical (unpaired) electrons. The second-order valence-corrected chi connectivity index (χ2v) is 8.59. The van der Waals surface area contributed by atoms with E-state index in [1.807, 2.05) is 0 Å². The van der Waals surface area contributed by atoms with E-state index in [1.165, 1.54) is 6.92 Å². The number of rotatable bonds is 7. The molecule has 0 aliphatic carbocycles. The Balaban J connectivity index is 2.00. The van der Waals surface area contributed by atoms with E-state index in [-0.39, 0.29) is 11.7 Å². The molecule has 0 saturated carbocycles. The number of carbonyl (C=O) groups excluding carboxylic acids is 4. The molecular formula is C19H24N2O7S. The molecule has 2 N–H and O–H groups in total. The van der Waals surface area contributed by atoms with Crippen molar-refractivity contribution in [2.75, 3.05) is 6.61 Å². The van der Waals surface area contributed by atoms with Crippen LogP contribution in [0.25, 0.3) is 0 Å². The number of thioether (sulfide) groups is 1. The minimum atomic E-state index is -1.88. The van der Waals surface area contributed by atoms with E-state index >= 15 is 0 Å². The van der Waals surface area contributed by atoms with Crippen molar-refractivity contribution in [3.05, 3.63) is 30.3 Å². The standard InChI is InChI=1S/C19H24N2O7S/c1-11(22)29-17-14(20-13(23)10-27-12-8-6-5-7-9-12)15(24)21(17)16(25)18(26)28-19(2,3)4/h5-9,14,16-17,25H,10H2,1-4H3,(H,20,23)/t14-,16?,17-/m0/s1. The summed E-state index contributed by atoms with van der Waals surface area (Å²) in [4.78, 5) is 49.1. The van der Waals surface area contributed by atoms with Gasteiger partial charge in [0.1, 0.15) is 22.8 Å². The van der Waals surface area contributed by atoms with E-state index in [2.05, 4.69) is 5.32 Å². The molecule has 1 saturated heterocycles. The zero-order valence-electron chi connectivity index (χ0n) is 16.6. The molecule has 10 heteroatoms. The predicted octanol–water partition coefficient (Wildman–Crippen LogP) is 0.658. The van der Waals surface area contributed by atoms with Crippen LogP contribution in [0.2, 0.25) is 0 Å². The van der Waals surface area contributed by atoms with Gasteiger partial charge in [0.2, 0.25) is 6.23 Å². The van der Waals surface area contributed by atoms with Crippen molar-refractivity contribution in [2.24, 2.45) is 0 Å². The minimum Gasteiger partial charge on any atom is -0.484 e. The summed E-state index contributed by atoms with van der Waals surface area (Å²) in [6, 6.07) is 7.57. The molecule has 3 atom stereocenters. The van der Waals surface area contributed by atoms with Crippen LogP contribution >= 0.6 is 11.8 Å². The maximum absolute atomic E-state index is 12.5. The maximum atomic E-state index is 12.5. The van der Waals surface area contributed by atoms with Gasteiger partial charge in [-0.15, -0.1) is 0 Å². The third kappa shape index (κ3) is 6.20. The van der Waals surface area contributed by atoms with Crippen LogP contribution in [0.4, 0.5) is 0 Å². The highest BCUT2D eigenvalue weighted by atomic mass is 32.2. The number of para-hydroxylation sites is 1. The molecule has 1 heterocycles. The first-order valence-electron chi connectivity index (χ1n) is 8.87. The number of likely N-dealkylation sites (tertiary alicyclic amines) is 1. The largest absolute Gasteiger partial charge is 0.484 e. The summed E-state index contributed by atoms with van der Waals surface area (Å²) in [5.74, 6) is -1.81. The van der Waals surface area contributed by atoms with E-state index in [0.717, 1.165) is 16.7 Å². The van der Waals surface area contributed by atoms with E-state index in [9.17, 15) is 24.3 Å². The second kappa shape index (κ2) is 9.27. The van der Waals surface area contributed by atoms with Gasteiger partial charge in [-0.1, -0.05) is 30.0 Å². The third-order valence-corrected chi connectivity index (χ3v) is 4.75. The summed E-state index contributed by atoms with van der Waals surface area (Å²) in [5.41, 5.74) is -0.864. The number of aliphatic hydroxyl groups excluding tert-OH is 1. The Hall–Kier alpha value is -2.59. The van der Waals surface area contributed by atoms with Crippen LogP contribution in [0.1, 0.15) is 27.7 Å². The molecule has 158 valence electrons. The molecule has 29 heavy (non-hydrogen) atoms. The number of esters is 1. The van der Waals surface area contributed by atoms with Gasteiger partial charge in [-0.25, -0.2) is 4.79 Å². The molecule has 0 spiro atoms. The van der Waals surface area contributed by atoms with Gasteiger partial charge in [-0.2, -0.15) is 0 Å². The molecule has 1 aromatic carbocycles. The van der Waals surface area contributed by atoms with Gasteiger partial charge in [0.25, 0.3) is 11.8 Å². The molecule has 9 nitrogen and oxygen atoms in total. The summed E-state index contributed by atoms with van der Waals surface area (Å²) < 4.78 is 10.4. The fourth-order valence-electron chi connectivity index (χ4n) is 2.52. The Morgan fingerprint density at radius 1 is 1.24 bits per heavy atom. The number of nitrogens with zero attached hydrogens (tertiary/aromatic N) is 1. The number of hydrogen-bond donors (Lipinski definition) is 2. The van der Waals surface area contributed by atoms with Crippen molar-refractivity contribution in [3.8, 4) is 5.75 Å². The quantitative estimate of drug-likeness (QED) is 0.483. The van der Waals surface area contributed by atoms with Crippen molar-refractivity contribution in [3.63, 3.8) is 0 Å². The molecule has 0 aromatic heterocycles. The summed E-state index contributed by atoms with van der Waals surface area (Å²) in [5, 5.41) is 11.4. The van der Waals surface area contributed by atoms with Crippen LogP contribution in [-0.4, -0.2) is 62.8 Å². The van der Waals surface area contributed by atoms with Crippen LogP contribution in [-0.2, 0) is 23.9 Å². The number of nitrogens with one attached hydrogen (secondary N) is 1. The average molecular weight is 424 g/mol. The van der Waals surface area contributed by atoms with E-state index in [0.29, 0.717) is 5.75 Å². The topological polar surface area (TPSA) is 122 Å². The number of aliphatic hydroxyl groups is 1. The van der Waals surface area contributed by atoms with Crippen molar-refractivity contribution in [1.29, 1.82) is 0 Å². The van der Waals surface area contributed by atoms with E-state index < -0.39 is 41.0 Å². The van der Waals surface area contributed by atoms with Crippen molar-refractivity contribution < 1.29 is 33.8 Å². The van der Waals surface area contributed by atoms with Crippen LogP contribution in [0.3, 0.4) is 0 Å². The van der Waals surface area contributed by atoms with Gasteiger partial charge in [0, 0.05) is 6.92 Å². The number of ether oxygens (including phenoxy) is 2. The normalized spacial score (nSPS) is 19.8. The molecule has 2 amide bonds. The molecular weight excluding hydrogens is 400 g/mol. The van der Waals surface area contributed by atoms with Crippen molar-refractivity contribution >= 4 is 34.7 Å². The zero-order valence-corrected chi connectivity index (χ0v) is 17.4. The summed E-state index contributed by atoms with van der Waals surface area (Å²) in [6.45, 7) is 5.80. The lowest BCUT2D eigenvalue weighted by Gasteiger charge is -2.47. The lowest BCUT2D eigenvalue weighted by Crippen LogP contribution is -2.73. The molecule has 2 rings (SSSR count). The van der Waals surface area contributed by atoms with Gasteiger partial charge < -0.3 is 19.9 Å². The Kier molecular flexibility index (Phi) is 7.26. The van der Waals surface area contributed by atoms with Crippen LogP contribution in [0.5, 0.6) is 5.75 Å². The Bertz CT molecular complexity index is 779. The Labute approximate surface area is 172 Å². The Morgan fingerprint density at radius 3 is 2.41 bits per heavy atom. The van der Waals surface area contributed by atoms with Crippen LogP contribution in [0, 0.1) is 0 Å². The minimum absolute atomic E-state index is 0.333. The highest BCUT2D eigenvalue weighted by Crippen LogP contribution is 2.32. The molecule has 0 bridgehead atoms. The summed E-state index contributed by atoms with van der Waals surface area (Å²) >= 11 is 0.724. The molecule has 1 fully saturated rings. The smallest absolute Gasteiger partial charge is 0.357 e. The van der Waals surface area contributed by atoms with Gasteiger partial charge in [-0.05, 0) is 32.9 Å². The lowest BCUT2D eigenvalue weighted by molar-refractivity contribution is -0.189. The highest BCUT2D eigenvalue weighted by Gasteiger charge is 2.54. The zero-order chi connectivity index (χ0) is 21.8. The first kappa shape index (κ1) is 22.7. The molecule has 1 aromatic rings. The van der Waals surface area contributed by atoms with Gasteiger partial charge in [0.05, 0.1) is 0 Å². The fourth-order valence-corrected chi connectivity index (χ4v) is 3.52. The molecule has 1 aliphatic heterocycles. The SMILES string of the molecule is CC(=O)S[C@H]1[C@@H](NC(=O)COc2ccccc2)C(=O)N1C(O)C(=O)OC(C)(C)C. The average Bonchev–Trinajstić information content (AvgIpc) is 2.63.